The summed E-state index contributed by atoms with van der Waals surface area (Å²) in [5.74, 6) is -1.60. The molecule has 110 valence electrons. The van der Waals surface area contributed by atoms with Crippen LogP contribution in [0.4, 0.5) is 0 Å². The van der Waals surface area contributed by atoms with Gasteiger partial charge in [0.2, 0.25) is 0 Å². The molecule has 0 aliphatic heterocycles. The summed E-state index contributed by atoms with van der Waals surface area (Å²) in [6, 6.07) is 0. The molecule has 1 heterocycles. The molecule has 0 saturated carbocycles. The van der Waals surface area contributed by atoms with Crippen LogP contribution < -0.4 is 5.32 Å². The Kier molecular flexibility index (Phi) is 5.31. The summed E-state index contributed by atoms with van der Waals surface area (Å²) >= 11 is 0. The number of nitrogens with one attached hydrogen (secondary N) is 2. The molecule has 0 fully saturated rings. The highest BCUT2D eigenvalue weighted by molar-refractivity contribution is 5.99. The number of ether oxygens (including phenoxy) is 2. The summed E-state index contributed by atoms with van der Waals surface area (Å²) in [5, 5.41) is 2.34. The van der Waals surface area contributed by atoms with Gasteiger partial charge in [0.15, 0.2) is 6.61 Å². The number of carbonyl (C=O) groups is 3. The van der Waals surface area contributed by atoms with Gasteiger partial charge in [0.1, 0.15) is 5.69 Å². The van der Waals surface area contributed by atoms with Gasteiger partial charge < -0.3 is 19.8 Å². The lowest BCUT2D eigenvalue weighted by Gasteiger charge is -2.04. The van der Waals surface area contributed by atoms with E-state index in [1.807, 2.05) is 0 Å². The van der Waals surface area contributed by atoms with Gasteiger partial charge in [-0.25, -0.2) is 9.59 Å². The molecule has 0 spiro atoms. The number of esters is 2. The SMILES string of the molecule is CCOC(=O)c1c(C)[nH]c(C(=O)OCC(=O)NC)c1C. The van der Waals surface area contributed by atoms with Crippen LogP contribution in [0.25, 0.3) is 0 Å². The third-order valence-electron chi connectivity index (χ3n) is 2.73. The average molecular weight is 282 g/mol. The average Bonchev–Trinajstić information content (AvgIpc) is 2.71. The van der Waals surface area contributed by atoms with Gasteiger partial charge in [-0.05, 0) is 26.3 Å². The highest BCUT2D eigenvalue weighted by atomic mass is 16.5. The quantitative estimate of drug-likeness (QED) is 0.775. The molecule has 1 aromatic heterocycles. The third-order valence-corrected chi connectivity index (χ3v) is 2.73. The molecular formula is C13H18N2O5. The molecule has 0 saturated heterocycles. The number of hydrogen-bond acceptors (Lipinski definition) is 5. The minimum Gasteiger partial charge on any atom is -0.462 e. The molecule has 1 rings (SSSR count). The fourth-order valence-corrected chi connectivity index (χ4v) is 1.74. The van der Waals surface area contributed by atoms with Crippen molar-refractivity contribution in [2.24, 2.45) is 0 Å². The summed E-state index contributed by atoms with van der Waals surface area (Å²) in [5.41, 5.74) is 1.43. The molecule has 1 aromatic rings. The fourth-order valence-electron chi connectivity index (χ4n) is 1.74. The number of amides is 1. The predicted molar refractivity (Wildman–Crippen MR) is 70.6 cm³/mol. The zero-order valence-corrected chi connectivity index (χ0v) is 12.0. The second-order valence-corrected chi connectivity index (χ2v) is 4.09. The molecule has 0 aliphatic carbocycles. The van der Waals surface area contributed by atoms with Crippen LogP contribution in [0.3, 0.4) is 0 Å². The largest absolute Gasteiger partial charge is 0.462 e. The maximum absolute atomic E-state index is 11.8. The number of carbonyl (C=O) groups excluding carboxylic acids is 3. The first kappa shape index (κ1) is 15.7. The van der Waals surface area contributed by atoms with Gasteiger partial charge in [0.05, 0.1) is 12.2 Å². The van der Waals surface area contributed by atoms with Gasteiger partial charge >= 0.3 is 11.9 Å². The Morgan fingerprint density at radius 3 is 2.35 bits per heavy atom. The van der Waals surface area contributed by atoms with Crippen molar-refractivity contribution in [3.63, 3.8) is 0 Å². The predicted octanol–water partition coefficient (Wildman–Crippen LogP) is 0.711. The highest BCUT2D eigenvalue weighted by Crippen LogP contribution is 2.19. The molecule has 1 amide bonds. The van der Waals surface area contributed by atoms with Gasteiger partial charge in [0, 0.05) is 12.7 Å². The summed E-state index contributed by atoms with van der Waals surface area (Å²) in [4.78, 5) is 37.4. The Morgan fingerprint density at radius 1 is 1.15 bits per heavy atom. The minimum absolute atomic E-state index is 0.148. The van der Waals surface area contributed by atoms with Crippen LogP contribution in [0, 0.1) is 13.8 Å². The molecule has 0 radical (unpaired) electrons. The topological polar surface area (TPSA) is 97.5 Å². The van der Waals surface area contributed by atoms with Crippen LogP contribution in [-0.4, -0.2) is 43.1 Å². The van der Waals surface area contributed by atoms with Crippen LogP contribution in [-0.2, 0) is 14.3 Å². The smallest absolute Gasteiger partial charge is 0.355 e. The zero-order valence-electron chi connectivity index (χ0n) is 12.0. The molecule has 0 unspecified atom stereocenters. The maximum Gasteiger partial charge on any atom is 0.355 e. The van der Waals surface area contributed by atoms with Crippen LogP contribution in [0.5, 0.6) is 0 Å². The van der Waals surface area contributed by atoms with Gasteiger partial charge in [0.25, 0.3) is 5.91 Å². The number of H-pyrrole nitrogens is 1. The van der Waals surface area contributed by atoms with Crippen molar-refractivity contribution < 1.29 is 23.9 Å². The first-order valence-electron chi connectivity index (χ1n) is 6.16. The van der Waals surface area contributed by atoms with Crippen LogP contribution in [0.15, 0.2) is 0 Å². The number of aromatic nitrogens is 1. The molecule has 0 atom stereocenters. The van der Waals surface area contributed by atoms with Crippen molar-refractivity contribution in [2.45, 2.75) is 20.8 Å². The molecule has 7 heteroatoms. The molecule has 0 aromatic carbocycles. The van der Waals surface area contributed by atoms with E-state index in [0.29, 0.717) is 16.8 Å². The Hall–Kier alpha value is -2.31. The van der Waals surface area contributed by atoms with Crippen molar-refractivity contribution in [1.82, 2.24) is 10.3 Å². The Morgan fingerprint density at radius 2 is 1.80 bits per heavy atom. The van der Waals surface area contributed by atoms with Crippen molar-refractivity contribution in [1.29, 1.82) is 0 Å². The van der Waals surface area contributed by atoms with Gasteiger partial charge in [-0.1, -0.05) is 0 Å². The molecule has 2 N–H and O–H groups in total. The van der Waals surface area contributed by atoms with E-state index in [1.165, 1.54) is 7.05 Å². The van der Waals surface area contributed by atoms with E-state index >= 15 is 0 Å². The van der Waals surface area contributed by atoms with Crippen molar-refractivity contribution in [2.75, 3.05) is 20.3 Å². The third kappa shape index (κ3) is 3.37. The number of hydrogen-bond donors (Lipinski definition) is 2. The van der Waals surface area contributed by atoms with E-state index in [1.54, 1.807) is 20.8 Å². The summed E-state index contributed by atoms with van der Waals surface area (Å²) in [7, 11) is 1.44. The lowest BCUT2D eigenvalue weighted by molar-refractivity contribution is -0.123. The van der Waals surface area contributed by atoms with Crippen LogP contribution >= 0.6 is 0 Å². The van der Waals surface area contributed by atoms with E-state index in [0.717, 1.165) is 0 Å². The second kappa shape index (κ2) is 6.74. The number of likely N-dealkylation sites (N-methyl/N-ethyl adjacent to an activating group) is 1. The molecule has 0 aliphatic rings. The summed E-state index contributed by atoms with van der Waals surface area (Å²) < 4.78 is 9.76. The lowest BCUT2D eigenvalue weighted by Crippen LogP contribution is -2.25. The van der Waals surface area contributed by atoms with E-state index in [9.17, 15) is 14.4 Å². The zero-order chi connectivity index (χ0) is 15.3. The van der Waals surface area contributed by atoms with Gasteiger partial charge in [-0.15, -0.1) is 0 Å². The van der Waals surface area contributed by atoms with E-state index in [4.69, 9.17) is 9.47 Å². The molecule has 7 nitrogen and oxygen atoms in total. The van der Waals surface area contributed by atoms with E-state index in [2.05, 4.69) is 10.3 Å². The Labute approximate surface area is 116 Å². The highest BCUT2D eigenvalue weighted by Gasteiger charge is 2.23. The second-order valence-electron chi connectivity index (χ2n) is 4.09. The first-order chi connectivity index (χ1) is 9.42. The molecule has 20 heavy (non-hydrogen) atoms. The van der Waals surface area contributed by atoms with E-state index < -0.39 is 17.8 Å². The normalized spacial score (nSPS) is 10.0. The first-order valence-corrected chi connectivity index (χ1v) is 6.16. The Balaban J connectivity index is 2.92. The monoisotopic (exact) mass is 282 g/mol. The van der Waals surface area contributed by atoms with Crippen molar-refractivity contribution >= 4 is 17.8 Å². The summed E-state index contributed by atoms with van der Waals surface area (Å²) in [6.45, 7) is 4.86. The van der Waals surface area contributed by atoms with Crippen molar-refractivity contribution in [3.8, 4) is 0 Å². The molecular weight excluding hydrogens is 264 g/mol. The fraction of sp³-hybridized carbons (Fsp3) is 0.462. The molecule has 0 bridgehead atoms. The minimum atomic E-state index is -0.690. The standard InChI is InChI=1S/C13H18N2O5/c1-5-19-12(17)10-7(2)11(15-8(10)3)13(18)20-6-9(16)14-4/h15H,5-6H2,1-4H3,(H,14,16). The number of rotatable bonds is 5. The van der Waals surface area contributed by atoms with Crippen LogP contribution in [0.2, 0.25) is 0 Å². The lowest BCUT2D eigenvalue weighted by atomic mass is 10.1. The number of aromatic amines is 1. The number of aryl methyl sites for hydroxylation is 1. The van der Waals surface area contributed by atoms with Crippen LogP contribution in [0.1, 0.15) is 39.0 Å². The maximum atomic E-state index is 11.8. The summed E-state index contributed by atoms with van der Waals surface area (Å²) in [6.07, 6.45) is 0. The van der Waals surface area contributed by atoms with E-state index in [-0.39, 0.29) is 18.9 Å². The van der Waals surface area contributed by atoms with Gasteiger partial charge in [-0.2, -0.15) is 0 Å². The Bertz CT molecular complexity index is 533. The van der Waals surface area contributed by atoms with Crippen molar-refractivity contribution in [3.05, 3.63) is 22.5 Å². The van der Waals surface area contributed by atoms with Gasteiger partial charge in [-0.3, -0.25) is 4.79 Å².